The van der Waals surface area contributed by atoms with E-state index in [1.807, 2.05) is 51.1 Å². The summed E-state index contributed by atoms with van der Waals surface area (Å²) < 4.78 is 5.80. The van der Waals surface area contributed by atoms with E-state index in [0.29, 0.717) is 17.9 Å². The number of aryl methyl sites for hydroxylation is 1. The summed E-state index contributed by atoms with van der Waals surface area (Å²) in [5.41, 5.74) is 2.16. The minimum absolute atomic E-state index is 0.0980. The van der Waals surface area contributed by atoms with Crippen LogP contribution in [0.1, 0.15) is 47.4 Å². The highest BCUT2D eigenvalue weighted by atomic mass is 16.3. The number of hydrogen-bond acceptors (Lipinski definition) is 4. The molecular formula is C19H21N3O2. The van der Waals surface area contributed by atoms with Gasteiger partial charge in [0, 0.05) is 18.6 Å². The van der Waals surface area contributed by atoms with E-state index in [-0.39, 0.29) is 11.8 Å². The summed E-state index contributed by atoms with van der Waals surface area (Å²) in [6.07, 6.45) is 1.62. The van der Waals surface area contributed by atoms with Gasteiger partial charge in [0.15, 0.2) is 0 Å². The number of carbonyl (C=O) groups excluding carboxylic acids is 1. The zero-order valence-corrected chi connectivity index (χ0v) is 14.4. The molecule has 0 radical (unpaired) electrons. The minimum atomic E-state index is -0.0980. The first-order chi connectivity index (χ1) is 11.5. The number of carbonyl (C=O) groups is 1. The van der Waals surface area contributed by atoms with Crippen LogP contribution in [0.25, 0.3) is 11.0 Å². The molecule has 2 heterocycles. The first kappa shape index (κ1) is 16.2. The lowest BCUT2D eigenvalue weighted by molar-refractivity contribution is 0.0773. The predicted molar refractivity (Wildman–Crippen MR) is 92.9 cm³/mol. The van der Waals surface area contributed by atoms with Crippen molar-refractivity contribution in [1.29, 1.82) is 0 Å². The van der Waals surface area contributed by atoms with Gasteiger partial charge in [-0.05, 0) is 25.0 Å². The van der Waals surface area contributed by atoms with Gasteiger partial charge in [-0.2, -0.15) is 0 Å². The SMILES string of the molecule is Cc1ncc(C(=O)N(C)Cc2cc3ccccc3o2)c(C(C)C)n1. The smallest absolute Gasteiger partial charge is 0.257 e. The topological polar surface area (TPSA) is 59.2 Å². The Hall–Kier alpha value is -2.69. The van der Waals surface area contributed by atoms with E-state index in [0.717, 1.165) is 22.4 Å². The minimum Gasteiger partial charge on any atom is -0.459 e. The monoisotopic (exact) mass is 323 g/mol. The van der Waals surface area contributed by atoms with E-state index in [1.54, 1.807) is 18.1 Å². The second-order valence-electron chi connectivity index (χ2n) is 6.28. The third-order valence-electron chi connectivity index (χ3n) is 3.93. The van der Waals surface area contributed by atoms with Crippen molar-refractivity contribution in [2.45, 2.75) is 33.2 Å². The molecule has 0 fully saturated rings. The van der Waals surface area contributed by atoms with E-state index in [4.69, 9.17) is 4.42 Å². The Balaban J connectivity index is 1.84. The molecule has 0 aliphatic heterocycles. The number of furan rings is 1. The van der Waals surface area contributed by atoms with Gasteiger partial charge in [-0.15, -0.1) is 0 Å². The molecule has 0 N–H and O–H groups in total. The average Bonchev–Trinajstić information content (AvgIpc) is 2.96. The van der Waals surface area contributed by atoms with Gasteiger partial charge in [0.2, 0.25) is 0 Å². The van der Waals surface area contributed by atoms with Crippen molar-refractivity contribution in [3.05, 3.63) is 59.4 Å². The van der Waals surface area contributed by atoms with E-state index in [2.05, 4.69) is 9.97 Å². The molecule has 3 rings (SSSR count). The van der Waals surface area contributed by atoms with Gasteiger partial charge < -0.3 is 9.32 Å². The van der Waals surface area contributed by atoms with Gasteiger partial charge >= 0.3 is 0 Å². The molecule has 24 heavy (non-hydrogen) atoms. The second-order valence-corrected chi connectivity index (χ2v) is 6.28. The third-order valence-corrected chi connectivity index (χ3v) is 3.93. The summed E-state index contributed by atoms with van der Waals surface area (Å²) in [6, 6.07) is 9.78. The van der Waals surface area contributed by atoms with Crippen LogP contribution in [0, 0.1) is 6.92 Å². The lowest BCUT2D eigenvalue weighted by atomic mass is 10.0. The molecular weight excluding hydrogens is 302 g/mol. The molecule has 0 atom stereocenters. The highest BCUT2D eigenvalue weighted by Crippen LogP contribution is 2.22. The normalized spacial score (nSPS) is 11.2. The highest BCUT2D eigenvalue weighted by molar-refractivity contribution is 5.95. The Morgan fingerprint density at radius 1 is 1.29 bits per heavy atom. The Kier molecular flexibility index (Phi) is 4.34. The van der Waals surface area contributed by atoms with Crippen molar-refractivity contribution in [1.82, 2.24) is 14.9 Å². The van der Waals surface area contributed by atoms with Crippen molar-refractivity contribution < 1.29 is 9.21 Å². The maximum Gasteiger partial charge on any atom is 0.257 e. The number of rotatable bonds is 4. The molecule has 0 spiro atoms. The molecule has 2 aromatic heterocycles. The van der Waals surface area contributed by atoms with Gasteiger partial charge in [-0.25, -0.2) is 9.97 Å². The molecule has 1 aromatic carbocycles. The second kappa shape index (κ2) is 6.43. The van der Waals surface area contributed by atoms with E-state index in [9.17, 15) is 4.79 Å². The zero-order valence-electron chi connectivity index (χ0n) is 14.4. The fourth-order valence-electron chi connectivity index (χ4n) is 2.72. The fraction of sp³-hybridized carbons (Fsp3) is 0.316. The van der Waals surface area contributed by atoms with E-state index < -0.39 is 0 Å². The number of benzene rings is 1. The van der Waals surface area contributed by atoms with Crippen LogP contribution >= 0.6 is 0 Å². The fourth-order valence-corrected chi connectivity index (χ4v) is 2.72. The maximum absolute atomic E-state index is 12.8. The van der Waals surface area contributed by atoms with Gasteiger partial charge in [-0.1, -0.05) is 32.0 Å². The summed E-state index contributed by atoms with van der Waals surface area (Å²) >= 11 is 0. The largest absolute Gasteiger partial charge is 0.459 e. The highest BCUT2D eigenvalue weighted by Gasteiger charge is 2.20. The number of amides is 1. The number of fused-ring (bicyclic) bond motifs is 1. The van der Waals surface area contributed by atoms with Gasteiger partial charge in [0.05, 0.1) is 17.8 Å². The predicted octanol–water partition coefficient (Wildman–Crippen LogP) is 3.93. The molecule has 5 nitrogen and oxygen atoms in total. The van der Waals surface area contributed by atoms with E-state index in [1.165, 1.54) is 0 Å². The number of para-hydroxylation sites is 1. The average molecular weight is 323 g/mol. The molecule has 124 valence electrons. The molecule has 0 aliphatic carbocycles. The Bertz CT molecular complexity index is 850. The quantitative estimate of drug-likeness (QED) is 0.730. The van der Waals surface area contributed by atoms with Crippen molar-refractivity contribution in [3.8, 4) is 0 Å². The molecule has 5 heteroatoms. The first-order valence-electron chi connectivity index (χ1n) is 8.02. The van der Waals surface area contributed by atoms with Crippen LogP contribution in [-0.2, 0) is 6.54 Å². The van der Waals surface area contributed by atoms with Crippen molar-refractivity contribution in [2.24, 2.45) is 0 Å². The number of hydrogen-bond donors (Lipinski definition) is 0. The molecule has 0 aliphatic rings. The van der Waals surface area contributed by atoms with Crippen LogP contribution in [0.2, 0.25) is 0 Å². The molecule has 0 bridgehead atoms. The molecule has 1 amide bonds. The lowest BCUT2D eigenvalue weighted by Gasteiger charge is -2.18. The van der Waals surface area contributed by atoms with Crippen LogP contribution in [0.15, 0.2) is 40.9 Å². The first-order valence-corrected chi connectivity index (χ1v) is 8.02. The molecule has 0 saturated heterocycles. The van der Waals surface area contributed by atoms with Crippen LogP contribution in [-0.4, -0.2) is 27.8 Å². The third kappa shape index (κ3) is 3.15. The van der Waals surface area contributed by atoms with Crippen molar-refractivity contribution >= 4 is 16.9 Å². The van der Waals surface area contributed by atoms with Crippen molar-refractivity contribution in [3.63, 3.8) is 0 Å². The zero-order chi connectivity index (χ0) is 17.3. The van der Waals surface area contributed by atoms with Gasteiger partial charge in [-0.3, -0.25) is 4.79 Å². The Labute approximate surface area is 141 Å². The molecule has 3 aromatic rings. The number of nitrogens with zero attached hydrogens (tertiary/aromatic N) is 3. The molecule has 0 saturated carbocycles. The van der Waals surface area contributed by atoms with Crippen molar-refractivity contribution in [2.75, 3.05) is 7.05 Å². The summed E-state index contributed by atoms with van der Waals surface area (Å²) in [7, 11) is 1.76. The summed E-state index contributed by atoms with van der Waals surface area (Å²) in [5.74, 6) is 1.49. The summed E-state index contributed by atoms with van der Waals surface area (Å²) in [5, 5.41) is 1.04. The van der Waals surface area contributed by atoms with E-state index >= 15 is 0 Å². The van der Waals surface area contributed by atoms with Crippen LogP contribution in [0.3, 0.4) is 0 Å². The molecule has 0 unspecified atom stereocenters. The summed E-state index contributed by atoms with van der Waals surface area (Å²) in [4.78, 5) is 23.1. The maximum atomic E-state index is 12.8. The van der Waals surface area contributed by atoms with Gasteiger partial charge in [0.1, 0.15) is 17.2 Å². The standard InChI is InChI=1S/C19H21N3O2/c1-12(2)18-16(10-20-13(3)21-18)19(23)22(4)11-15-9-14-7-5-6-8-17(14)24-15/h5-10,12H,11H2,1-4H3. The van der Waals surface area contributed by atoms with Crippen LogP contribution in [0.5, 0.6) is 0 Å². The van der Waals surface area contributed by atoms with Crippen LogP contribution < -0.4 is 0 Å². The Morgan fingerprint density at radius 2 is 2.04 bits per heavy atom. The van der Waals surface area contributed by atoms with Gasteiger partial charge in [0.25, 0.3) is 5.91 Å². The summed E-state index contributed by atoms with van der Waals surface area (Å²) in [6.45, 7) is 6.28. The Morgan fingerprint density at radius 3 is 2.75 bits per heavy atom. The number of aromatic nitrogens is 2. The van der Waals surface area contributed by atoms with Crippen LogP contribution in [0.4, 0.5) is 0 Å². The lowest BCUT2D eigenvalue weighted by Crippen LogP contribution is -2.28.